The van der Waals surface area contributed by atoms with E-state index in [0.717, 1.165) is 20.9 Å². The number of nitrogens with two attached hydrogens (primary N) is 1. The van der Waals surface area contributed by atoms with Gasteiger partial charge in [-0.3, -0.25) is 9.78 Å². The minimum Gasteiger partial charge on any atom is -0.399 e. The maximum Gasteiger partial charge on any atom is 0.167 e. The number of nitrogens with zero attached hydrogens (tertiary/aromatic N) is 1. The molecule has 0 saturated carbocycles. The zero-order chi connectivity index (χ0) is 14.8. The Hall–Kier alpha value is -2.20. The monoisotopic (exact) mass is 340 g/mol. The van der Waals surface area contributed by atoms with Crippen LogP contribution in [0.2, 0.25) is 0 Å². The van der Waals surface area contributed by atoms with Crippen molar-refractivity contribution in [3.8, 4) is 0 Å². The SMILES string of the molecule is Nc1cc(Br)cc(C(=O)Cc2ccnc3ccccc23)c1. The summed E-state index contributed by atoms with van der Waals surface area (Å²) < 4.78 is 0.811. The third-order valence-electron chi connectivity index (χ3n) is 3.33. The molecule has 0 aliphatic rings. The maximum absolute atomic E-state index is 12.5. The summed E-state index contributed by atoms with van der Waals surface area (Å²) in [6.45, 7) is 0. The number of Topliss-reactive ketones (excluding diaryl/α,β-unsaturated/α-hetero) is 1. The Balaban J connectivity index is 1.96. The third-order valence-corrected chi connectivity index (χ3v) is 3.79. The average Bonchev–Trinajstić information content (AvgIpc) is 2.46. The molecule has 0 fully saturated rings. The predicted octanol–water partition coefficient (Wildman–Crippen LogP) is 4.00. The molecular formula is C17H13BrN2O. The summed E-state index contributed by atoms with van der Waals surface area (Å²) in [6.07, 6.45) is 2.07. The molecule has 0 amide bonds. The van der Waals surface area contributed by atoms with Gasteiger partial charge in [0.25, 0.3) is 0 Å². The lowest BCUT2D eigenvalue weighted by Gasteiger charge is -2.07. The van der Waals surface area contributed by atoms with Crippen LogP contribution in [-0.2, 0) is 6.42 Å². The van der Waals surface area contributed by atoms with Gasteiger partial charge in [-0.1, -0.05) is 34.1 Å². The first-order valence-electron chi connectivity index (χ1n) is 6.55. The molecule has 0 radical (unpaired) electrons. The first-order valence-corrected chi connectivity index (χ1v) is 7.35. The number of para-hydroxylation sites is 1. The Morgan fingerprint density at radius 2 is 1.95 bits per heavy atom. The molecule has 0 unspecified atom stereocenters. The zero-order valence-electron chi connectivity index (χ0n) is 11.2. The number of fused-ring (bicyclic) bond motifs is 1. The molecule has 0 atom stereocenters. The Morgan fingerprint density at radius 1 is 1.14 bits per heavy atom. The summed E-state index contributed by atoms with van der Waals surface area (Å²) >= 11 is 3.36. The molecule has 1 heterocycles. The summed E-state index contributed by atoms with van der Waals surface area (Å²) in [5.74, 6) is 0.0411. The van der Waals surface area contributed by atoms with E-state index in [9.17, 15) is 4.79 Å². The number of rotatable bonds is 3. The second kappa shape index (κ2) is 5.66. The van der Waals surface area contributed by atoms with Crippen LogP contribution in [0, 0.1) is 0 Å². The van der Waals surface area contributed by atoms with Gasteiger partial charge in [-0.25, -0.2) is 0 Å². The van der Waals surface area contributed by atoms with Crippen molar-refractivity contribution >= 4 is 38.3 Å². The van der Waals surface area contributed by atoms with Crippen molar-refractivity contribution in [3.63, 3.8) is 0 Å². The molecule has 0 aliphatic heterocycles. The van der Waals surface area contributed by atoms with Crippen molar-refractivity contribution in [3.05, 3.63) is 70.3 Å². The van der Waals surface area contributed by atoms with Gasteiger partial charge in [0.05, 0.1) is 5.52 Å². The summed E-state index contributed by atoms with van der Waals surface area (Å²) in [7, 11) is 0. The van der Waals surface area contributed by atoms with Gasteiger partial charge in [0, 0.05) is 33.7 Å². The standard InChI is InChI=1S/C17H13BrN2O/c18-13-7-12(8-14(19)10-13)17(21)9-11-5-6-20-16-4-2-1-3-15(11)16/h1-8,10H,9,19H2. The van der Waals surface area contributed by atoms with Crippen LogP contribution in [0.1, 0.15) is 15.9 Å². The van der Waals surface area contributed by atoms with Crippen LogP contribution >= 0.6 is 15.9 Å². The number of anilines is 1. The van der Waals surface area contributed by atoms with E-state index in [2.05, 4.69) is 20.9 Å². The smallest absolute Gasteiger partial charge is 0.167 e. The number of carbonyl (C=O) groups is 1. The van der Waals surface area contributed by atoms with Gasteiger partial charge in [-0.15, -0.1) is 0 Å². The third kappa shape index (κ3) is 2.95. The van der Waals surface area contributed by atoms with E-state index in [4.69, 9.17) is 5.73 Å². The number of halogens is 1. The molecule has 0 bridgehead atoms. The quantitative estimate of drug-likeness (QED) is 0.579. The molecule has 0 saturated heterocycles. The maximum atomic E-state index is 12.5. The fourth-order valence-corrected chi connectivity index (χ4v) is 2.87. The largest absolute Gasteiger partial charge is 0.399 e. The van der Waals surface area contributed by atoms with E-state index >= 15 is 0 Å². The van der Waals surface area contributed by atoms with Crippen molar-refractivity contribution in [1.82, 2.24) is 4.98 Å². The normalized spacial score (nSPS) is 10.7. The Kier molecular flexibility index (Phi) is 3.71. The lowest BCUT2D eigenvalue weighted by Crippen LogP contribution is -2.05. The van der Waals surface area contributed by atoms with Crippen molar-refractivity contribution < 1.29 is 4.79 Å². The van der Waals surface area contributed by atoms with Crippen molar-refractivity contribution in [2.24, 2.45) is 0 Å². The number of hydrogen-bond acceptors (Lipinski definition) is 3. The Bertz CT molecular complexity index is 804. The van der Waals surface area contributed by atoms with E-state index in [1.807, 2.05) is 30.3 Å². The minimum atomic E-state index is 0.0411. The predicted molar refractivity (Wildman–Crippen MR) is 88.3 cm³/mol. The van der Waals surface area contributed by atoms with Crippen LogP contribution in [0.5, 0.6) is 0 Å². The molecular weight excluding hydrogens is 328 g/mol. The highest BCUT2D eigenvalue weighted by molar-refractivity contribution is 9.10. The summed E-state index contributed by atoms with van der Waals surface area (Å²) in [6, 6.07) is 15.0. The van der Waals surface area contributed by atoms with Gasteiger partial charge in [-0.2, -0.15) is 0 Å². The van der Waals surface area contributed by atoms with Crippen LogP contribution in [0.25, 0.3) is 10.9 Å². The summed E-state index contributed by atoms with van der Waals surface area (Å²) in [5, 5.41) is 1.01. The number of hydrogen-bond donors (Lipinski definition) is 1. The molecule has 3 rings (SSSR count). The van der Waals surface area contributed by atoms with Crippen LogP contribution in [0.3, 0.4) is 0 Å². The van der Waals surface area contributed by atoms with Crippen molar-refractivity contribution in [2.75, 3.05) is 5.73 Å². The van der Waals surface area contributed by atoms with Crippen LogP contribution < -0.4 is 5.73 Å². The van der Waals surface area contributed by atoms with Gasteiger partial charge < -0.3 is 5.73 Å². The zero-order valence-corrected chi connectivity index (χ0v) is 12.8. The van der Waals surface area contributed by atoms with Crippen LogP contribution in [-0.4, -0.2) is 10.8 Å². The Labute approximate surface area is 130 Å². The first kappa shape index (κ1) is 13.8. The average molecular weight is 341 g/mol. The van der Waals surface area contributed by atoms with E-state index in [0.29, 0.717) is 17.7 Å². The molecule has 21 heavy (non-hydrogen) atoms. The minimum absolute atomic E-state index is 0.0411. The molecule has 3 aromatic rings. The van der Waals surface area contributed by atoms with E-state index in [-0.39, 0.29) is 5.78 Å². The number of carbonyl (C=O) groups excluding carboxylic acids is 1. The van der Waals surface area contributed by atoms with Gasteiger partial charge >= 0.3 is 0 Å². The first-order chi connectivity index (χ1) is 10.1. The van der Waals surface area contributed by atoms with E-state index < -0.39 is 0 Å². The highest BCUT2D eigenvalue weighted by Gasteiger charge is 2.11. The summed E-state index contributed by atoms with van der Waals surface area (Å²) in [5.41, 5.74) is 8.85. The number of aromatic nitrogens is 1. The Morgan fingerprint density at radius 3 is 2.76 bits per heavy atom. The number of benzene rings is 2. The molecule has 1 aromatic heterocycles. The second-order valence-electron chi connectivity index (χ2n) is 4.86. The van der Waals surface area contributed by atoms with Gasteiger partial charge in [0.1, 0.15) is 0 Å². The molecule has 2 aromatic carbocycles. The molecule has 104 valence electrons. The lowest BCUT2D eigenvalue weighted by molar-refractivity contribution is 0.0993. The topological polar surface area (TPSA) is 56.0 Å². The van der Waals surface area contributed by atoms with Gasteiger partial charge in [0.15, 0.2) is 5.78 Å². The molecule has 3 nitrogen and oxygen atoms in total. The highest BCUT2D eigenvalue weighted by Crippen LogP contribution is 2.21. The van der Waals surface area contributed by atoms with E-state index in [1.54, 1.807) is 24.4 Å². The van der Waals surface area contributed by atoms with E-state index in [1.165, 1.54) is 0 Å². The number of pyridine rings is 1. The van der Waals surface area contributed by atoms with Gasteiger partial charge in [-0.05, 0) is 35.9 Å². The molecule has 4 heteroatoms. The molecule has 0 aliphatic carbocycles. The van der Waals surface area contributed by atoms with Gasteiger partial charge in [0.2, 0.25) is 0 Å². The summed E-state index contributed by atoms with van der Waals surface area (Å²) in [4.78, 5) is 16.8. The van der Waals surface area contributed by atoms with Crippen molar-refractivity contribution in [1.29, 1.82) is 0 Å². The lowest BCUT2D eigenvalue weighted by atomic mass is 10.00. The number of nitrogen functional groups attached to an aromatic ring is 1. The highest BCUT2D eigenvalue weighted by atomic mass is 79.9. The van der Waals surface area contributed by atoms with Crippen LogP contribution in [0.15, 0.2) is 59.2 Å². The fraction of sp³-hybridized carbons (Fsp3) is 0.0588. The molecule has 0 spiro atoms. The number of ketones is 1. The van der Waals surface area contributed by atoms with Crippen LogP contribution in [0.4, 0.5) is 5.69 Å². The second-order valence-corrected chi connectivity index (χ2v) is 5.78. The molecule has 2 N–H and O–H groups in total. The fourth-order valence-electron chi connectivity index (χ4n) is 2.36. The van der Waals surface area contributed by atoms with Crippen molar-refractivity contribution in [2.45, 2.75) is 6.42 Å².